The third-order valence-electron chi connectivity index (χ3n) is 2.62. The van der Waals surface area contributed by atoms with Crippen molar-refractivity contribution in [1.29, 1.82) is 0 Å². The molecule has 0 spiro atoms. The summed E-state index contributed by atoms with van der Waals surface area (Å²) in [6.45, 7) is 2.20. The predicted molar refractivity (Wildman–Crippen MR) is 45.9 cm³/mol. The normalized spacial score (nSPS) is 26.5. The average Bonchev–Trinajstić information content (AvgIpc) is 2.47. The second kappa shape index (κ2) is 3.19. The minimum Gasteiger partial charge on any atom is -0.326 e. The van der Waals surface area contributed by atoms with Crippen molar-refractivity contribution >= 4 is 0 Å². The Kier molecular flexibility index (Phi) is 2.22. The number of nitrogens with zero attached hydrogens (tertiary/aromatic N) is 3. The Bertz CT molecular complexity index is 343. The molecule has 84 valence electrons. The minimum atomic E-state index is -4.47. The number of nitrogens with two attached hydrogens (primary N) is 1. The van der Waals surface area contributed by atoms with Crippen molar-refractivity contribution in [3.8, 4) is 0 Å². The highest BCUT2D eigenvalue weighted by molar-refractivity contribution is 5.01. The monoisotopic (exact) mass is 220 g/mol. The first-order valence-electron chi connectivity index (χ1n) is 4.64. The second-order valence-corrected chi connectivity index (χ2v) is 3.88. The predicted octanol–water partition coefficient (Wildman–Crippen LogP) is 0.816. The summed E-state index contributed by atoms with van der Waals surface area (Å²) in [5.74, 6) is -0.557. The van der Waals surface area contributed by atoms with Crippen LogP contribution in [0.5, 0.6) is 0 Å². The highest BCUT2D eigenvalue weighted by atomic mass is 19.4. The molecule has 2 heterocycles. The summed E-state index contributed by atoms with van der Waals surface area (Å²) < 4.78 is 38.2. The van der Waals surface area contributed by atoms with E-state index in [9.17, 15) is 13.2 Å². The smallest absolute Gasteiger partial charge is 0.326 e. The van der Waals surface area contributed by atoms with E-state index < -0.39 is 12.0 Å². The van der Waals surface area contributed by atoms with E-state index in [0.29, 0.717) is 18.8 Å². The van der Waals surface area contributed by atoms with Crippen molar-refractivity contribution in [1.82, 2.24) is 14.8 Å². The summed E-state index contributed by atoms with van der Waals surface area (Å²) in [4.78, 5) is 3.48. The lowest BCUT2D eigenvalue weighted by atomic mass is 9.96. The highest BCUT2D eigenvalue weighted by Crippen LogP contribution is 2.28. The maximum Gasteiger partial charge on any atom is 0.453 e. The number of halogens is 3. The highest BCUT2D eigenvalue weighted by Gasteiger charge is 2.38. The van der Waals surface area contributed by atoms with Crippen LogP contribution in [0.1, 0.15) is 18.6 Å². The molecular formula is C8H11F3N4. The number of aromatic nitrogens is 3. The van der Waals surface area contributed by atoms with E-state index in [0.717, 1.165) is 0 Å². The Labute approximate surface area is 84.3 Å². The molecule has 1 aromatic heterocycles. The Balaban J connectivity index is 2.33. The van der Waals surface area contributed by atoms with Crippen LogP contribution >= 0.6 is 0 Å². The van der Waals surface area contributed by atoms with Crippen LogP contribution in [0.15, 0.2) is 0 Å². The molecule has 2 rings (SSSR count). The van der Waals surface area contributed by atoms with Gasteiger partial charge in [-0.25, -0.2) is 9.67 Å². The van der Waals surface area contributed by atoms with E-state index in [2.05, 4.69) is 10.1 Å². The van der Waals surface area contributed by atoms with Crippen molar-refractivity contribution in [3.63, 3.8) is 0 Å². The van der Waals surface area contributed by atoms with Gasteiger partial charge in [-0.3, -0.25) is 0 Å². The fourth-order valence-electron chi connectivity index (χ4n) is 1.61. The Morgan fingerprint density at radius 3 is 2.73 bits per heavy atom. The topological polar surface area (TPSA) is 56.7 Å². The van der Waals surface area contributed by atoms with E-state index in [1.54, 1.807) is 0 Å². The summed E-state index contributed by atoms with van der Waals surface area (Å²) in [5.41, 5.74) is 5.74. The van der Waals surface area contributed by atoms with E-state index in [1.165, 1.54) is 4.68 Å². The van der Waals surface area contributed by atoms with Gasteiger partial charge in [-0.05, 0) is 5.92 Å². The molecule has 1 aromatic rings. The molecular weight excluding hydrogens is 209 g/mol. The molecule has 2 unspecified atom stereocenters. The van der Waals surface area contributed by atoms with Gasteiger partial charge in [0.15, 0.2) is 0 Å². The molecule has 0 saturated carbocycles. The first-order chi connectivity index (χ1) is 6.88. The number of hydrogen-bond acceptors (Lipinski definition) is 3. The maximum atomic E-state index is 12.3. The molecule has 7 heteroatoms. The summed E-state index contributed by atoms with van der Waals surface area (Å²) in [6.07, 6.45) is -4.03. The Morgan fingerprint density at radius 2 is 2.13 bits per heavy atom. The van der Waals surface area contributed by atoms with Crippen LogP contribution in [0.2, 0.25) is 0 Å². The average molecular weight is 220 g/mol. The number of alkyl halides is 3. The van der Waals surface area contributed by atoms with Crippen molar-refractivity contribution in [2.75, 3.05) is 0 Å². The second-order valence-electron chi connectivity index (χ2n) is 3.88. The number of rotatable bonds is 0. The van der Waals surface area contributed by atoms with Gasteiger partial charge in [-0.2, -0.15) is 13.2 Å². The fraction of sp³-hybridized carbons (Fsp3) is 0.750. The Hall–Kier alpha value is -1.11. The standard InChI is InChI=1S/C8H11F3N4/c1-4-2-6-13-7(8(9,10)11)14-15(6)3-5(4)12/h4-5H,2-3,12H2,1H3. The molecule has 4 nitrogen and oxygen atoms in total. The van der Waals surface area contributed by atoms with E-state index >= 15 is 0 Å². The number of hydrogen-bond donors (Lipinski definition) is 1. The molecule has 15 heavy (non-hydrogen) atoms. The molecule has 0 aromatic carbocycles. The molecule has 0 radical (unpaired) electrons. The van der Waals surface area contributed by atoms with Crippen LogP contribution in [-0.2, 0) is 19.1 Å². The molecule has 1 aliphatic rings. The third-order valence-corrected chi connectivity index (χ3v) is 2.62. The minimum absolute atomic E-state index is 0.141. The molecule has 2 atom stereocenters. The zero-order valence-corrected chi connectivity index (χ0v) is 8.12. The van der Waals surface area contributed by atoms with Crippen molar-refractivity contribution in [2.24, 2.45) is 11.7 Å². The van der Waals surface area contributed by atoms with Gasteiger partial charge >= 0.3 is 6.18 Å². The Morgan fingerprint density at radius 1 is 1.47 bits per heavy atom. The maximum absolute atomic E-state index is 12.3. The van der Waals surface area contributed by atoms with Gasteiger partial charge in [0.25, 0.3) is 5.82 Å². The van der Waals surface area contributed by atoms with Crippen LogP contribution in [-0.4, -0.2) is 20.8 Å². The van der Waals surface area contributed by atoms with Gasteiger partial charge in [0.2, 0.25) is 0 Å². The molecule has 0 bridgehead atoms. The lowest BCUT2D eigenvalue weighted by Gasteiger charge is -2.25. The molecule has 0 amide bonds. The summed E-state index contributed by atoms with van der Waals surface area (Å²) in [6, 6.07) is -0.153. The van der Waals surface area contributed by atoms with E-state index in [1.807, 2.05) is 6.92 Å². The molecule has 2 N–H and O–H groups in total. The quantitative estimate of drug-likeness (QED) is 0.704. The largest absolute Gasteiger partial charge is 0.453 e. The van der Waals surface area contributed by atoms with E-state index in [-0.39, 0.29) is 12.0 Å². The third kappa shape index (κ3) is 1.83. The first-order valence-corrected chi connectivity index (χ1v) is 4.64. The van der Waals surface area contributed by atoms with Crippen LogP contribution in [0.3, 0.4) is 0 Å². The van der Waals surface area contributed by atoms with Gasteiger partial charge in [-0.1, -0.05) is 6.92 Å². The van der Waals surface area contributed by atoms with Crippen molar-refractivity contribution in [2.45, 2.75) is 32.1 Å². The van der Waals surface area contributed by atoms with Gasteiger partial charge in [0, 0.05) is 12.5 Å². The zero-order valence-electron chi connectivity index (χ0n) is 8.12. The molecule has 1 aliphatic heterocycles. The summed E-state index contributed by atoms with van der Waals surface area (Å²) >= 11 is 0. The van der Waals surface area contributed by atoms with Crippen LogP contribution in [0, 0.1) is 5.92 Å². The van der Waals surface area contributed by atoms with Crippen LogP contribution in [0.25, 0.3) is 0 Å². The summed E-state index contributed by atoms with van der Waals surface area (Å²) in [7, 11) is 0. The lowest BCUT2D eigenvalue weighted by molar-refractivity contribution is -0.145. The molecule has 0 fully saturated rings. The number of fused-ring (bicyclic) bond motifs is 1. The van der Waals surface area contributed by atoms with Crippen molar-refractivity contribution in [3.05, 3.63) is 11.6 Å². The zero-order chi connectivity index (χ0) is 11.2. The van der Waals surface area contributed by atoms with Crippen molar-refractivity contribution < 1.29 is 13.2 Å². The lowest BCUT2D eigenvalue weighted by Crippen LogP contribution is -2.39. The van der Waals surface area contributed by atoms with Gasteiger partial charge in [0.1, 0.15) is 5.82 Å². The first kappa shape index (κ1) is 10.4. The molecule has 0 aliphatic carbocycles. The van der Waals surface area contributed by atoms with Gasteiger partial charge in [-0.15, -0.1) is 5.10 Å². The van der Waals surface area contributed by atoms with Gasteiger partial charge < -0.3 is 5.73 Å². The molecule has 0 saturated heterocycles. The fourth-order valence-corrected chi connectivity index (χ4v) is 1.61. The van der Waals surface area contributed by atoms with E-state index in [4.69, 9.17) is 5.73 Å². The van der Waals surface area contributed by atoms with Gasteiger partial charge in [0.05, 0.1) is 6.54 Å². The summed E-state index contributed by atoms with van der Waals surface area (Å²) in [5, 5.41) is 3.41. The van der Waals surface area contributed by atoms with Crippen LogP contribution < -0.4 is 5.73 Å². The van der Waals surface area contributed by atoms with Crippen LogP contribution in [0.4, 0.5) is 13.2 Å². The SMILES string of the molecule is CC1Cc2nc(C(F)(F)F)nn2CC1N.